The highest BCUT2D eigenvalue weighted by Crippen LogP contribution is 2.43. The fourth-order valence-corrected chi connectivity index (χ4v) is 3.14. The minimum absolute atomic E-state index is 0.192. The first-order chi connectivity index (χ1) is 13.6. The van der Waals surface area contributed by atoms with Crippen molar-refractivity contribution in [3.63, 3.8) is 0 Å². The zero-order valence-electron chi connectivity index (χ0n) is 16.2. The summed E-state index contributed by atoms with van der Waals surface area (Å²) in [6.45, 7) is 0. The first kappa shape index (κ1) is 19.5. The molecule has 0 radical (unpaired) electrons. The first-order valence-corrected chi connectivity index (χ1v) is 8.66. The SMILES string of the molecule is COc1ccc(C2N=CC=CC=C2c2cc(OC)c(OC)c(OC)c2)cc1F. The van der Waals surface area contributed by atoms with E-state index in [1.54, 1.807) is 39.7 Å². The standard InChI is InChI=1S/C22H22FNO4/c1-25-18-9-8-14(11-17(18)23)21-16(7-5-6-10-24-21)15-12-19(26-2)22(28-4)20(13-15)27-3/h5-13,21H,1-4H3. The molecule has 1 unspecified atom stereocenters. The summed E-state index contributed by atoms with van der Waals surface area (Å²) in [5.74, 6) is 1.34. The maximum absolute atomic E-state index is 14.3. The lowest BCUT2D eigenvalue weighted by Crippen LogP contribution is -2.03. The summed E-state index contributed by atoms with van der Waals surface area (Å²) in [5.41, 5.74) is 2.41. The van der Waals surface area contributed by atoms with Crippen molar-refractivity contribution in [3.8, 4) is 23.0 Å². The van der Waals surface area contributed by atoms with E-state index in [1.807, 2.05) is 30.4 Å². The van der Waals surface area contributed by atoms with Gasteiger partial charge in [-0.2, -0.15) is 0 Å². The number of allylic oxidation sites excluding steroid dienone is 3. The van der Waals surface area contributed by atoms with E-state index in [-0.39, 0.29) is 5.75 Å². The van der Waals surface area contributed by atoms with Crippen molar-refractivity contribution in [3.05, 3.63) is 65.5 Å². The number of nitrogens with zero attached hydrogens (tertiary/aromatic N) is 1. The highest BCUT2D eigenvalue weighted by Gasteiger charge is 2.22. The molecule has 0 bridgehead atoms. The topological polar surface area (TPSA) is 49.3 Å². The van der Waals surface area contributed by atoms with Gasteiger partial charge in [0.1, 0.15) is 6.04 Å². The average Bonchev–Trinajstić information content (AvgIpc) is 2.98. The van der Waals surface area contributed by atoms with Gasteiger partial charge in [-0.15, -0.1) is 0 Å². The number of halogens is 1. The van der Waals surface area contributed by atoms with Gasteiger partial charge in [-0.1, -0.05) is 18.2 Å². The minimum Gasteiger partial charge on any atom is -0.494 e. The third-order valence-corrected chi connectivity index (χ3v) is 4.49. The molecule has 3 rings (SSSR count). The maximum Gasteiger partial charge on any atom is 0.203 e. The molecule has 0 N–H and O–H groups in total. The normalized spacial score (nSPS) is 15.6. The summed E-state index contributed by atoms with van der Waals surface area (Å²) in [4.78, 5) is 4.60. The molecule has 2 aromatic rings. The number of rotatable bonds is 6. The molecule has 1 aliphatic heterocycles. The van der Waals surface area contributed by atoms with Crippen molar-refractivity contribution in [2.24, 2.45) is 4.99 Å². The lowest BCUT2D eigenvalue weighted by molar-refractivity contribution is 0.324. The predicted octanol–water partition coefficient (Wildman–Crippen LogP) is 4.63. The molecular formula is C22H22FNO4. The van der Waals surface area contributed by atoms with Crippen LogP contribution in [0.4, 0.5) is 4.39 Å². The number of ether oxygens (including phenoxy) is 4. The van der Waals surface area contributed by atoms with Crippen LogP contribution in [0.25, 0.3) is 5.57 Å². The molecule has 146 valence electrons. The van der Waals surface area contributed by atoms with Crippen LogP contribution in [0.2, 0.25) is 0 Å². The predicted molar refractivity (Wildman–Crippen MR) is 107 cm³/mol. The van der Waals surface area contributed by atoms with E-state index in [2.05, 4.69) is 4.99 Å². The lowest BCUT2D eigenvalue weighted by atomic mass is 9.92. The number of hydrogen-bond acceptors (Lipinski definition) is 5. The highest BCUT2D eigenvalue weighted by molar-refractivity contribution is 5.82. The van der Waals surface area contributed by atoms with E-state index in [0.29, 0.717) is 22.8 Å². The van der Waals surface area contributed by atoms with Gasteiger partial charge in [-0.25, -0.2) is 4.39 Å². The fourth-order valence-electron chi connectivity index (χ4n) is 3.14. The Bertz CT molecular complexity index is 925. The van der Waals surface area contributed by atoms with E-state index >= 15 is 0 Å². The quantitative estimate of drug-likeness (QED) is 0.730. The van der Waals surface area contributed by atoms with E-state index in [0.717, 1.165) is 11.1 Å². The molecule has 2 aromatic carbocycles. The van der Waals surface area contributed by atoms with Crippen LogP contribution >= 0.6 is 0 Å². The average molecular weight is 383 g/mol. The van der Waals surface area contributed by atoms with Gasteiger partial charge in [0.2, 0.25) is 5.75 Å². The second-order valence-electron chi connectivity index (χ2n) is 6.02. The van der Waals surface area contributed by atoms with Crippen molar-refractivity contribution >= 4 is 11.8 Å². The van der Waals surface area contributed by atoms with Crippen LogP contribution < -0.4 is 18.9 Å². The Balaban J connectivity index is 2.13. The Morgan fingerprint density at radius 3 is 2.07 bits per heavy atom. The summed E-state index contributed by atoms with van der Waals surface area (Å²) in [5, 5.41) is 0. The Morgan fingerprint density at radius 1 is 0.821 bits per heavy atom. The molecule has 0 saturated carbocycles. The molecule has 6 heteroatoms. The van der Waals surface area contributed by atoms with Crippen LogP contribution in [0, 0.1) is 5.82 Å². The number of aliphatic imine (C=N–C) groups is 1. The second-order valence-corrected chi connectivity index (χ2v) is 6.02. The third kappa shape index (κ3) is 3.71. The zero-order chi connectivity index (χ0) is 20.1. The smallest absolute Gasteiger partial charge is 0.203 e. The Hall–Kier alpha value is -3.28. The number of methoxy groups -OCH3 is 4. The molecule has 0 aromatic heterocycles. The van der Waals surface area contributed by atoms with E-state index < -0.39 is 11.9 Å². The van der Waals surface area contributed by atoms with Crippen LogP contribution in [-0.2, 0) is 0 Å². The lowest BCUT2D eigenvalue weighted by Gasteiger charge is -2.20. The Labute approximate surface area is 163 Å². The summed E-state index contributed by atoms with van der Waals surface area (Å²) in [6, 6.07) is 8.16. The van der Waals surface area contributed by atoms with E-state index in [9.17, 15) is 4.39 Å². The van der Waals surface area contributed by atoms with Crippen LogP contribution in [0.1, 0.15) is 17.2 Å². The van der Waals surface area contributed by atoms with E-state index in [1.165, 1.54) is 13.2 Å². The first-order valence-electron chi connectivity index (χ1n) is 8.66. The van der Waals surface area contributed by atoms with Gasteiger partial charge in [0.15, 0.2) is 23.1 Å². The molecule has 5 nitrogen and oxygen atoms in total. The fraction of sp³-hybridized carbons (Fsp3) is 0.227. The van der Waals surface area contributed by atoms with E-state index in [4.69, 9.17) is 18.9 Å². The molecule has 0 amide bonds. The summed E-state index contributed by atoms with van der Waals surface area (Å²) >= 11 is 0. The minimum atomic E-state index is -0.434. The summed E-state index contributed by atoms with van der Waals surface area (Å²) < 4.78 is 35.7. The van der Waals surface area contributed by atoms with Gasteiger partial charge in [0, 0.05) is 6.21 Å². The van der Waals surface area contributed by atoms with Crippen LogP contribution in [-0.4, -0.2) is 34.7 Å². The van der Waals surface area contributed by atoms with Gasteiger partial charge < -0.3 is 18.9 Å². The van der Waals surface area contributed by atoms with Crippen molar-refractivity contribution in [1.29, 1.82) is 0 Å². The van der Waals surface area contributed by atoms with Crippen LogP contribution in [0.15, 0.2) is 53.6 Å². The molecule has 28 heavy (non-hydrogen) atoms. The van der Waals surface area contributed by atoms with Gasteiger partial charge in [0.05, 0.1) is 28.4 Å². The van der Waals surface area contributed by atoms with Gasteiger partial charge >= 0.3 is 0 Å². The van der Waals surface area contributed by atoms with Gasteiger partial charge in [-0.05, 0) is 47.0 Å². The Morgan fingerprint density at radius 2 is 1.50 bits per heavy atom. The molecule has 1 aliphatic rings. The van der Waals surface area contributed by atoms with Crippen molar-refractivity contribution < 1.29 is 23.3 Å². The maximum atomic E-state index is 14.3. The second kappa shape index (κ2) is 8.61. The van der Waals surface area contributed by atoms with Crippen LogP contribution in [0.5, 0.6) is 23.0 Å². The molecule has 0 saturated heterocycles. The van der Waals surface area contributed by atoms with Crippen LogP contribution in [0.3, 0.4) is 0 Å². The Kier molecular flexibility index (Phi) is 5.99. The third-order valence-electron chi connectivity index (χ3n) is 4.49. The molecule has 1 atom stereocenters. The van der Waals surface area contributed by atoms with Crippen molar-refractivity contribution in [2.45, 2.75) is 6.04 Å². The monoisotopic (exact) mass is 383 g/mol. The number of hydrogen-bond donors (Lipinski definition) is 0. The molecular weight excluding hydrogens is 361 g/mol. The van der Waals surface area contributed by atoms with Gasteiger partial charge in [0.25, 0.3) is 0 Å². The zero-order valence-corrected chi connectivity index (χ0v) is 16.2. The van der Waals surface area contributed by atoms with Crippen molar-refractivity contribution in [1.82, 2.24) is 0 Å². The molecule has 1 heterocycles. The van der Waals surface area contributed by atoms with Gasteiger partial charge in [-0.3, -0.25) is 4.99 Å². The largest absolute Gasteiger partial charge is 0.494 e. The summed E-state index contributed by atoms with van der Waals surface area (Å²) in [7, 11) is 6.13. The highest BCUT2D eigenvalue weighted by atomic mass is 19.1. The molecule has 0 aliphatic carbocycles. The number of benzene rings is 2. The molecule has 0 fully saturated rings. The van der Waals surface area contributed by atoms with Crippen molar-refractivity contribution in [2.75, 3.05) is 28.4 Å². The summed E-state index contributed by atoms with van der Waals surface area (Å²) in [6.07, 6.45) is 7.37. The molecule has 0 spiro atoms.